The fourth-order valence-electron chi connectivity index (χ4n) is 0.938. The van der Waals surface area contributed by atoms with Crippen LogP contribution in [0.4, 0.5) is 0 Å². The molecule has 0 spiro atoms. The first-order valence-electron chi connectivity index (χ1n) is 4.38. The van der Waals surface area contributed by atoms with E-state index in [0.29, 0.717) is 0 Å². The number of rotatable bonds is 3. The number of nitrogens with one attached hydrogen (secondary N) is 1. The molecular weight excluding hydrogens is 198 g/mol. The van der Waals surface area contributed by atoms with Gasteiger partial charge in [-0.1, -0.05) is 0 Å². The molecule has 6 heteroatoms. The second-order valence-corrected chi connectivity index (χ2v) is 3.76. The third-order valence-corrected chi connectivity index (χ3v) is 1.91. The number of aromatic nitrogens is 2. The van der Waals surface area contributed by atoms with Gasteiger partial charge in [0, 0.05) is 13.2 Å². The van der Waals surface area contributed by atoms with Gasteiger partial charge in [-0.3, -0.25) is 9.48 Å². The Balaban J connectivity index is 2.76. The van der Waals surface area contributed by atoms with E-state index in [0.717, 1.165) is 0 Å². The first-order valence-corrected chi connectivity index (χ1v) is 4.38. The highest BCUT2D eigenvalue weighted by molar-refractivity contribution is 5.95. The lowest BCUT2D eigenvalue weighted by molar-refractivity contribution is -0.143. The minimum absolute atomic E-state index is 0.201. The maximum Gasteiger partial charge on any atom is 0.328 e. The highest BCUT2D eigenvalue weighted by Crippen LogP contribution is 2.04. The highest BCUT2D eigenvalue weighted by Gasteiger charge is 2.29. The Morgan fingerprint density at radius 1 is 1.53 bits per heavy atom. The van der Waals surface area contributed by atoms with Crippen molar-refractivity contribution in [2.75, 3.05) is 0 Å². The topological polar surface area (TPSA) is 84.2 Å². The quantitative estimate of drug-likeness (QED) is 0.737. The van der Waals surface area contributed by atoms with E-state index in [2.05, 4.69) is 10.4 Å². The summed E-state index contributed by atoms with van der Waals surface area (Å²) in [4.78, 5) is 22.3. The molecule has 1 amide bonds. The fraction of sp³-hybridized carbons (Fsp3) is 0.444. The largest absolute Gasteiger partial charge is 0.480 e. The van der Waals surface area contributed by atoms with Crippen LogP contribution in [0.3, 0.4) is 0 Å². The number of aryl methyl sites for hydroxylation is 1. The number of carbonyl (C=O) groups is 2. The number of carboxylic acids is 1. The van der Waals surface area contributed by atoms with Crippen LogP contribution in [0.15, 0.2) is 12.3 Å². The molecule has 0 atom stereocenters. The lowest BCUT2D eigenvalue weighted by atomic mass is 10.1. The summed E-state index contributed by atoms with van der Waals surface area (Å²) in [5.74, 6) is -1.59. The summed E-state index contributed by atoms with van der Waals surface area (Å²) in [6, 6.07) is 1.52. The molecule has 1 aromatic heterocycles. The molecule has 0 unspecified atom stereocenters. The van der Waals surface area contributed by atoms with E-state index in [-0.39, 0.29) is 5.69 Å². The van der Waals surface area contributed by atoms with Crippen molar-refractivity contribution in [1.29, 1.82) is 0 Å². The lowest BCUT2D eigenvalue weighted by Gasteiger charge is -2.20. The molecule has 0 bridgehead atoms. The zero-order chi connectivity index (χ0) is 11.6. The Labute approximate surface area is 86.9 Å². The standard InChI is InChI=1S/C9H13N3O3/c1-9(2,8(14)15)10-7(13)6-4-5-12(3)11-6/h4-5H,1-3H3,(H,10,13)(H,14,15). The monoisotopic (exact) mass is 211 g/mol. The summed E-state index contributed by atoms with van der Waals surface area (Å²) >= 11 is 0. The van der Waals surface area contributed by atoms with Gasteiger partial charge in [0.05, 0.1) is 0 Å². The van der Waals surface area contributed by atoms with Crippen LogP contribution in [-0.2, 0) is 11.8 Å². The van der Waals surface area contributed by atoms with E-state index < -0.39 is 17.4 Å². The third kappa shape index (κ3) is 2.55. The minimum Gasteiger partial charge on any atom is -0.480 e. The first-order chi connectivity index (χ1) is 6.83. The smallest absolute Gasteiger partial charge is 0.328 e. The molecule has 82 valence electrons. The van der Waals surface area contributed by atoms with Crippen molar-refractivity contribution in [2.45, 2.75) is 19.4 Å². The Bertz CT molecular complexity index is 395. The zero-order valence-electron chi connectivity index (χ0n) is 8.81. The molecule has 2 N–H and O–H groups in total. The summed E-state index contributed by atoms with van der Waals surface area (Å²) in [7, 11) is 1.68. The normalized spacial score (nSPS) is 11.1. The summed E-state index contributed by atoms with van der Waals surface area (Å²) in [6.07, 6.45) is 1.61. The number of nitrogens with zero attached hydrogens (tertiary/aromatic N) is 2. The van der Waals surface area contributed by atoms with Gasteiger partial charge in [0.2, 0.25) is 0 Å². The highest BCUT2D eigenvalue weighted by atomic mass is 16.4. The Morgan fingerprint density at radius 2 is 2.13 bits per heavy atom. The fourth-order valence-corrected chi connectivity index (χ4v) is 0.938. The van der Waals surface area contributed by atoms with E-state index in [1.54, 1.807) is 13.2 Å². The number of amides is 1. The van der Waals surface area contributed by atoms with Crippen molar-refractivity contribution in [1.82, 2.24) is 15.1 Å². The number of carboxylic acid groups (broad SMARTS) is 1. The van der Waals surface area contributed by atoms with E-state index in [9.17, 15) is 9.59 Å². The molecule has 1 rings (SSSR count). The minimum atomic E-state index is -1.30. The Kier molecular flexibility index (Phi) is 2.78. The van der Waals surface area contributed by atoms with Crippen molar-refractivity contribution in [2.24, 2.45) is 7.05 Å². The van der Waals surface area contributed by atoms with Gasteiger partial charge in [0.25, 0.3) is 5.91 Å². The van der Waals surface area contributed by atoms with E-state index in [1.165, 1.54) is 24.6 Å². The SMILES string of the molecule is Cn1ccc(C(=O)NC(C)(C)C(=O)O)n1. The molecule has 0 aromatic carbocycles. The van der Waals surface area contributed by atoms with Gasteiger partial charge in [-0.25, -0.2) is 4.79 Å². The number of hydrogen-bond donors (Lipinski definition) is 2. The van der Waals surface area contributed by atoms with Crippen molar-refractivity contribution in [3.05, 3.63) is 18.0 Å². The molecule has 15 heavy (non-hydrogen) atoms. The van der Waals surface area contributed by atoms with Crippen molar-refractivity contribution < 1.29 is 14.7 Å². The second kappa shape index (κ2) is 3.72. The lowest BCUT2D eigenvalue weighted by Crippen LogP contribution is -2.49. The van der Waals surface area contributed by atoms with Gasteiger partial charge in [-0.15, -0.1) is 0 Å². The molecule has 0 saturated carbocycles. The van der Waals surface area contributed by atoms with E-state index in [4.69, 9.17) is 5.11 Å². The van der Waals surface area contributed by atoms with Gasteiger partial charge in [-0.2, -0.15) is 5.10 Å². The van der Waals surface area contributed by atoms with Crippen LogP contribution in [0, 0.1) is 0 Å². The maximum atomic E-state index is 11.5. The predicted molar refractivity (Wildman–Crippen MR) is 52.4 cm³/mol. The van der Waals surface area contributed by atoms with E-state index >= 15 is 0 Å². The number of aliphatic carboxylic acids is 1. The van der Waals surface area contributed by atoms with E-state index in [1.807, 2.05) is 0 Å². The zero-order valence-corrected chi connectivity index (χ0v) is 8.81. The van der Waals surface area contributed by atoms with Gasteiger partial charge < -0.3 is 10.4 Å². The predicted octanol–water partition coefficient (Wildman–Crippen LogP) is 0.0131. The molecule has 0 saturated heterocycles. The second-order valence-electron chi connectivity index (χ2n) is 3.76. The molecule has 0 aliphatic rings. The molecule has 0 aliphatic carbocycles. The molecule has 1 aromatic rings. The summed E-state index contributed by atoms with van der Waals surface area (Å²) in [5, 5.41) is 15.0. The van der Waals surface area contributed by atoms with Crippen molar-refractivity contribution in [3.8, 4) is 0 Å². The third-order valence-electron chi connectivity index (χ3n) is 1.91. The van der Waals surface area contributed by atoms with Crippen LogP contribution in [0.25, 0.3) is 0 Å². The molecule has 0 fully saturated rings. The molecule has 0 aliphatic heterocycles. The Morgan fingerprint density at radius 3 is 2.53 bits per heavy atom. The summed E-state index contributed by atoms with van der Waals surface area (Å²) < 4.78 is 1.47. The molecular formula is C9H13N3O3. The van der Waals surface area contributed by atoms with Gasteiger partial charge in [0.15, 0.2) is 0 Å². The van der Waals surface area contributed by atoms with Crippen LogP contribution in [0.5, 0.6) is 0 Å². The summed E-state index contributed by atoms with van der Waals surface area (Å²) in [6.45, 7) is 2.83. The van der Waals surface area contributed by atoms with Crippen molar-refractivity contribution in [3.63, 3.8) is 0 Å². The first kappa shape index (κ1) is 11.2. The Hall–Kier alpha value is -1.85. The maximum absolute atomic E-state index is 11.5. The van der Waals surface area contributed by atoms with Crippen LogP contribution in [0.2, 0.25) is 0 Å². The van der Waals surface area contributed by atoms with Gasteiger partial charge in [0.1, 0.15) is 11.2 Å². The van der Waals surface area contributed by atoms with Gasteiger partial charge in [-0.05, 0) is 19.9 Å². The molecule has 1 heterocycles. The van der Waals surface area contributed by atoms with Crippen LogP contribution >= 0.6 is 0 Å². The summed E-state index contributed by atoms with van der Waals surface area (Å²) in [5.41, 5.74) is -1.10. The average Bonchev–Trinajstić information content (AvgIpc) is 2.50. The van der Waals surface area contributed by atoms with Crippen LogP contribution in [-0.4, -0.2) is 32.3 Å². The molecule has 0 radical (unpaired) electrons. The van der Waals surface area contributed by atoms with Crippen LogP contribution < -0.4 is 5.32 Å². The molecule has 6 nitrogen and oxygen atoms in total. The number of carbonyl (C=O) groups excluding carboxylic acids is 1. The van der Waals surface area contributed by atoms with Crippen LogP contribution in [0.1, 0.15) is 24.3 Å². The van der Waals surface area contributed by atoms with Gasteiger partial charge >= 0.3 is 5.97 Å². The number of hydrogen-bond acceptors (Lipinski definition) is 3. The average molecular weight is 211 g/mol. The van der Waals surface area contributed by atoms with Crippen molar-refractivity contribution >= 4 is 11.9 Å².